The fraction of sp³-hybridized carbons (Fsp3) is 0.364. The van der Waals surface area contributed by atoms with E-state index in [1.807, 2.05) is 121 Å². The number of nitrogens with one attached hydrogen (secondary N) is 1. The van der Waals surface area contributed by atoms with Crippen LogP contribution in [0.2, 0.25) is 0 Å². The van der Waals surface area contributed by atoms with Gasteiger partial charge in [0.15, 0.2) is 0 Å². The first-order chi connectivity index (χ1) is 26.1. The lowest BCUT2D eigenvalue weighted by Gasteiger charge is -2.45. The van der Waals surface area contributed by atoms with E-state index in [1.54, 1.807) is 20.8 Å². The van der Waals surface area contributed by atoms with Gasteiger partial charge in [-0.3, -0.25) is 0 Å². The minimum Gasteiger partial charge on any atom is -0.480 e. The minimum atomic E-state index is -1.32. The van der Waals surface area contributed by atoms with Crippen LogP contribution in [0.15, 0.2) is 121 Å². The fourth-order valence-corrected chi connectivity index (χ4v) is 5.82. The second kappa shape index (κ2) is 20.4. The van der Waals surface area contributed by atoms with Gasteiger partial charge in [-0.05, 0) is 43.0 Å². The summed E-state index contributed by atoms with van der Waals surface area (Å²) in [6, 6.07) is 37.9. The number of amides is 1. The van der Waals surface area contributed by atoms with Crippen LogP contribution in [0.25, 0.3) is 0 Å². The predicted octanol–water partition coefficient (Wildman–Crippen LogP) is 7.10. The van der Waals surface area contributed by atoms with Gasteiger partial charge in [0.25, 0.3) is 0 Å². The highest BCUT2D eigenvalue weighted by Crippen LogP contribution is 2.31. The van der Waals surface area contributed by atoms with Gasteiger partial charge in [-0.1, -0.05) is 133 Å². The molecule has 1 fully saturated rings. The van der Waals surface area contributed by atoms with Crippen LogP contribution in [0.3, 0.4) is 0 Å². The monoisotopic (exact) mass is 735 g/mol. The van der Waals surface area contributed by atoms with Gasteiger partial charge >= 0.3 is 12.1 Å². The van der Waals surface area contributed by atoms with E-state index in [1.165, 1.54) is 0 Å². The van der Waals surface area contributed by atoms with Crippen molar-refractivity contribution in [3.63, 3.8) is 0 Å². The molecule has 1 heterocycles. The lowest BCUT2D eigenvalue weighted by molar-refractivity contribution is -0.261. The molecular formula is C44H49NO9. The maximum absolute atomic E-state index is 12.5. The molecule has 0 aliphatic carbocycles. The Morgan fingerprint density at radius 3 is 1.59 bits per heavy atom. The topological polar surface area (TPSA) is 122 Å². The van der Waals surface area contributed by atoms with Crippen LogP contribution in [0.1, 0.15) is 49.4 Å². The number of carboxylic acids is 1. The molecule has 54 heavy (non-hydrogen) atoms. The summed E-state index contributed by atoms with van der Waals surface area (Å²) in [7, 11) is 0. The third-order valence-electron chi connectivity index (χ3n) is 8.42. The summed E-state index contributed by atoms with van der Waals surface area (Å²) >= 11 is 0. The third kappa shape index (κ3) is 13.1. The van der Waals surface area contributed by atoms with Crippen molar-refractivity contribution in [3.05, 3.63) is 144 Å². The van der Waals surface area contributed by atoms with E-state index in [-0.39, 0.29) is 32.8 Å². The Balaban J connectivity index is 1.46. The molecule has 1 saturated heterocycles. The Morgan fingerprint density at radius 2 is 1.13 bits per heavy atom. The van der Waals surface area contributed by atoms with E-state index >= 15 is 0 Å². The molecule has 1 aliphatic heterocycles. The molecule has 4 aromatic rings. The number of aliphatic carboxylic acids is 1. The van der Waals surface area contributed by atoms with Gasteiger partial charge in [0.05, 0.1) is 33.0 Å². The highest BCUT2D eigenvalue weighted by molar-refractivity contribution is 5.80. The van der Waals surface area contributed by atoms with Crippen molar-refractivity contribution in [1.29, 1.82) is 0 Å². The Bertz CT molecular complexity index is 1770. The van der Waals surface area contributed by atoms with E-state index in [9.17, 15) is 14.7 Å². The molecule has 2 N–H and O–H groups in total. The Morgan fingerprint density at radius 1 is 0.685 bits per heavy atom. The molecule has 0 saturated carbocycles. The highest BCUT2D eigenvalue weighted by atomic mass is 16.6. The van der Waals surface area contributed by atoms with Crippen LogP contribution >= 0.6 is 0 Å². The molecule has 1 amide bonds. The maximum atomic E-state index is 12.5. The van der Waals surface area contributed by atoms with E-state index in [0.29, 0.717) is 6.61 Å². The maximum Gasteiger partial charge on any atom is 0.408 e. The first-order valence-electron chi connectivity index (χ1n) is 18.1. The first-order valence-corrected chi connectivity index (χ1v) is 18.1. The molecule has 0 aromatic heterocycles. The number of rotatable bonds is 16. The molecule has 0 unspecified atom stereocenters. The van der Waals surface area contributed by atoms with Crippen LogP contribution in [0.5, 0.6) is 0 Å². The third-order valence-corrected chi connectivity index (χ3v) is 8.42. The predicted molar refractivity (Wildman–Crippen MR) is 203 cm³/mol. The van der Waals surface area contributed by atoms with Gasteiger partial charge in [-0.25, -0.2) is 9.59 Å². The fourth-order valence-electron chi connectivity index (χ4n) is 5.82. The molecule has 10 nitrogen and oxygen atoms in total. The minimum absolute atomic E-state index is 0.154. The van der Waals surface area contributed by atoms with Crippen molar-refractivity contribution in [1.82, 2.24) is 5.32 Å². The molecule has 4 aromatic carbocycles. The van der Waals surface area contributed by atoms with Crippen molar-refractivity contribution in [2.24, 2.45) is 0 Å². The van der Waals surface area contributed by atoms with Crippen molar-refractivity contribution in [2.45, 2.75) is 95.8 Å². The number of alkyl carbamates (subject to hydrolysis) is 1. The van der Waals surface area contributed by atoms with Gasteiger partial charge in [-0.15, -0.1) is 0 Å². The lowest BCUT2D eigenvalue weighted by atomic mass is 9.94. The molecule has 0 spiro atoms. The molecule has 10 heteroatoms. The summed E-state index contributed by atoms with van der Waals surface area (Å²) in [5, 5.41) is 12.3. The van der Waals surface area contributed by atoms with Crippen molar-refractivity contribution >= 4 is 12.1 Å². The summed E-state index contributed by atoms with van der Waals surface area (Å²) < 4.78 is 38.3. The zero-order valence-corrected chi connectivity index (χ0v) is 31.0. The van der Waals surface area contributed by atoms with E-state index in [0.717, 1.165) is 22.3 Å². The Hall–Kier alpha value is -5.02. The smallest absolute Gasteiger partial charge is 0.408 e. The number of benzene rings is 4. The van der Waals surface area contributed by atoms with Crippen LogP contribution in [-0.4, -0.2) is 65.9 Å². The van der Waals surface area contributed by atoms with Gasteiger partial charge in [0, 0.05) is 6.42 Å². The zero-order valence-electron chi connectivity index (χ0n) is 31.0. The summed E-state index contributed by atoms with van der Waals surface area (Å²) in [5.74, 6) is 4.84. The largest absolute Gasteiger partial charge is 0.480 e. The number of ether oxygens (including phenoxy) is 6. The van der Waals surface area contributed by atoms with E-state index in [4.69, 9.17) is 28.4 Å². The second-order valence-corrected chi connectivity index (χ2v) is 13.9. The molecule has 284 valence electrons. The number of hydrogen-bond acceptors (Lipinski definition) is 8. The zero-order chi connectivity index (χ0) is 38.2. The average molecular weight is 736 g/mol. The normalized spacial score (nSPS) is 20.2. The SMILES string of the molecule is CC(C)(C)OC(=O)N[C@@H](CC#C[C@@H]1O[C@H](COCc2ccccc2)[C@H](OCc2ccccc2)[C@H](OCc2ccccc2)[C@H]1OCc1ccccc1)C(=O)O. The van der Waals surface area contributed by atoms with Crippen LogP contribution < -0.4 is 5.32 Å². The van der Waals surface area contributed by atoms with Crippen LogP contribution in [0.4, 0.5) is 4.79 Å². The quantitative estimate of drug-likeness (QED) is 0.116. The number of hydrogen-bond donors (Lipinski definition) is 2. The summed E-state index contributed by atoms with van der Waals surface area (Å²) in [6.45, 7) is 6.39. The molecule has 5 rings (SSSR count). The first kappa shape index (κ1) is 40.2. The number of carbonyl (C=O) groups is 2. The summed E-state index contributed by atoms with van der Waals surface area (Å²) in [5.41, 5.74) is 3.08. The number of carbonyl (C=O) groups excluding carboxylic acids is 1. The van der Waals surface area contributed by atoms with Crippen molar-refractivity contribution < 1.29 is 43.1 Å². The van der Waals surface area contributed by atoms with E-state index in [2.05, 4.69) is 17.2 Å². The van der Waals surface area contributed by atoms with Crippen molar-refractivity contribution in [3.8, 4) is 11.8 Å². The summed E-state index contributed by atoms with van der Waals surface area (Å²) in [4.78, 5) is 24.6. The van der Waals surface area contributed by atoms with Gasteiger partial charge in [0.1, 0.15) is 42.2 Å². The molecule has 6 atom stereocenters. The number of carboxylic acid groups (broad SMARTS) is 1. The molecule has 0 radical (unpaired) electrons. The van der Waals surface area contributed by atoms with Gasteiger partial charge < -0.3 is 38.8 Å². The van der Waals surface area contributed by atoms with Gasteiger partial charge in [-0.2, -0.15) is 0 Å². The van der Waals surface area contributed by atoms with E-state index < -0.39 is 54.2 Å². The standard InChI is InChI=1S/C44H49NO9/c1-44(2,3)54-43(48)45-36(42(46)47)25-16-26-37-39(50-28-33-19-10-5-11-20-33)41(52-30-35-23-14-7-15-24-35)40(51-29-34-21-12-6-13-22-34)38(53-37)31-49-27-32-17-8-4-9-18-32/h4-15,17-24,36-41H,25,27-31H2,1-3H3,(H,45,48)(H,46,47)/t36-,37-,38+,39-,40-,41+/m0/s1. The highest BCUT2D eigenvalue weighted by Gasteiger charge is 2.48. The Kier molecular flexibility index (Phi) is 15.2. The van der Waals surface area contributed by atoms with Crippen LogP contribution in [-0.2, 0) is 59.6 Å². The lowest BCUT2D eigenvalue weighted by Crippen LogP contribution is -2.60. The van der Waals surface area contributed by atoms with Gasteiger partial charge in [0.2, 0.25) is 0 Å². The molecule has 0 bridgehead atoms. The van der Waals surface area contributed by atoms with Crippen LogP contribution in [0, 0.1) is 11.8 Å². The average Bonchev–Trinajstić information content (AvgIpc) is 3.16. The molecular weight excluding hydrogens is 686 g/mol. The summed E-state index contributed by atoms with van der Waals surface area (Å²) in [6.07, 6.45) is -4.70. The second-order valence-electron chi connectivity index (χ2n) is 13.9. The van der Waals surface area contributed by atoms with Crippen molar-refractivity contribution in [2.75, 3.05) is 6.61 Å². The Labute approximate surface area is 317 Å². The molecule has 1 aliphatic rings.